The van der Waals surface area contributed by atoms with Gasteiger partial charge in [-0.25, -0.2) is 4.79 Å². The van der Waals surface area contributed by atoms with Gasteiger partial charge in [0.25, 0.3) is 0 Å². The van der Waals surface area contributed by atoms with Crippen LogP contribution in [0.2, 0.25) is 0 Å². The van der Waals surface area contributed by atoms with Gasteiger partial charge in [0.2, 0.25) is 0 Å². The largest absolute Gasteiger partial charge is 0.480 e. The van der Waals surface area contributed by atoms with Crippen molar-refractivity contribution in [1.82, 2.24) is 4.90 Å². The minimum absolute atomic E-state index is 0. The monoisotopic (exact) mass is 273 g/mol. The Morgan fingerprint density at radius 2 is 2.11 bits per heavy atom. The first-order chi connectivity index (χ1) is 9.17. The van der Waals surface area contributed by atoms with E-state index in [4.69, 9.17) is 10.2 Å². The van der Waals surface area contributed by atoms with Crippen LogP contribution in [-0.2, 0) is 14.4 Å². The number of carbonyl (C=O) groups is 3. The van der Waals surface area contributed by atoms with E-state index in [0.29, 0.717) is 25.7 Å². The Balaban J connectivity index is 0. The third-order valence-corrected chi connectivity index (χ3v) is 2.59. The average Bonchev–Trinajstić information content (AvgIpc) is 2.86. The molecule has 0 aromatic heterocycles. The molecule has 1 aliphatic heterocycles. The minimum atomic E-state index is -0.784. The summed E-state index contributed by atoms with van der Waals surface area (Å²) in [6.45, 7) is 0.894. The van der Waals surface area contributed by atoms with Gasteiger partial charge in [0.15, 0.2) is 0 Å². The van der Waals surface area contributed by atoms with Crippen molar-refractivity contribution in [3.8, 4) is 0 Å². The van der Waals surface area contributed by atoms with Crippen molar-refractivity contribution in [3.05, 3.63) is 12.3 Å². The van der Waals surface area contributed by atoms with Crippen molar-refractivity contribution < 1.29 is 26.0 Å². The lowest BCUT2D eigenvalue weighted by Gasteiger charge is -2.18. The number of hydrogen-bond acceptors (Lipinski definition) is 5. The molecule has 6 heteroatoms. The number of rotatable bonds is 7. The molecular formula is C13H23NO5. The van der Waals surface area contributed by atoms with Crippen molar-refractivity contribution in [2.24, 2.45) is 0 Å². The maximum Gasteiger partial charge on any atom is 0.326 e. The Hall–Kier alpha value is -1.69. The zero-order chi connectivity index (χ0) is 14.5. The lowest BCUT2D eigenvalue weighted by molar-refractivity contribution is -0.141. The Morgan fingerprint density at radius 3 is 2.58 bits per heavy atom. The van der Waals surface area contributed by atoms with Crippen LogP contribution in [0.3, 0.4) is 0 Å². The fourth-order valence-electron chi connectivity index (χ4n) is 1.66. The number of nitrogens with zero attached hydrogens (tertiary/aromatic N) is 1. The van der Waals surface area contributed by atoms with Gasteiger partial charge >= 0.3 is 5.97 Å². The molecule has 2 N–H and O–H groups in total. The molecule has 0 bridgehead atoms. The number of likely N-dealkylation sites (tertiary alicyclic amines) is 1. The van der Waals surface area contributed by atoms with E-state index in [1.807, 2.05) is 0 Å². The molecule has 0 saturated carbocycles. The molecule has 110 valence electrons. The quantitative estimate of drug-likeness (QED) is 0.527. The zero-order valence-corrected chi connectivity index (χ0v) is 10.9. The second kappa shape index (κ2) is 11.4. The lowest BCUT2D eigenvalue weighted by Crippen LogP contribution is -2.31. The maximum absolute atomic E-state index is 10.7. The molecule has 1 atom stereocenters. The summed E-state index contributed by atoms with van der Waals surface area (Å²) in [5, 5.41) is 16.8. The summed E-state index contributed by atoms with van der Waals surface area (Å²) in [7, 11) is 0. The Morgan fingerprint density at radius 1 is 1.37 bits per heavy atom. The van der Waals surface area contributed by atoms with E-state index in [1.54, 1.807) is 17.2 Å². The molecule has 0 unspecified atom stereocenters. The smallest absolute Gasteiger partial charge is 0.326 e. The molecule has 1 rings (SSSR count). The van der Waals surface area contributed by atoms with Gasteiger partial charge in [-0.3, -0.25) is 0 Å². The number of aliphatic hydroxyl groups excluding tert-OH is 1. The van der Waals surface area contributed by atoms with E-state index in [1.165, 1.54) is 0 Å². The van der Waals surface area contributed by atoms with Gasteiger partial charge in [0.1, 0.15) is 18.6 Å². The lowest BCUT2D eigenvalue weighted by atomic mass is 10.2. The van der Waals surface area contributed by atoms with E-state index in [0.717, 1.165) is 25.5 Å². The highest BCUT2D eigenvalue weighted by Gasteiger charge is 2.27. The second-order valence-electron chi connectivity index (χ2n) is 4.05. The van der Waals surface area contributed by atoms with Crippen LogP contribution < -0.4 is 0 Å². The first-order valence-electron chi connectivity index (χ1n) is 6.30. The second-order valence-corrected chi connectivity index (χ2v) is 4.05. The van der Waals surface area contributed by atoms with Gasteiger partial charge in [0, 0.05) is 27.4 Å². The van der Waals surface area contributed by atoms with Crippen molar-refractivity contribution in [2.75, 3.05) is 13.2 Å². The van der Waals surface area contributed by atoms with Gasteiger partial charge in [-0.2, -0.15) is 0 Å². The molecular weight excluding hydrogens is 250 g/mol. The highest BCUT2D eigenvalue weighted by molar-refractivity contribution is 5.74. The van der Waals surface area contributed by atoms with E-state index < -0.39 is 12.0 Å². The standard InChI is InChI=1S/C9H13NO3.C4H8O2.H2/c11-7-2-1-5-10-6-3-4-8(10)9(12)13;5-3-1-2-4-6;/h1,5,7-8H,2-4,6H2,(H,12,13);3,6H,1-2,4H2;1H/b5-1+;;/t8-;;/m0../s1. The highest BCUT2D eigenvalue weighted by Crippen LogP contribution is 2.17. The number of aldehydes is 2. The summed E-state index contributed by atoms with van der Waals surface area (Å²) < 4.78 is 0. The van der Waals surface area contributed by atoms with Crippen LogP contribution in [-0.4, -0.2) is 52.8 Å². The molecule has 0 aromatic carbocycles. The van der Waals surface area contributed by atoms with Crippen LogP contribution in [0.1, 0.15) is 33.5 Å². The summed E-state index contributed by atoms with van der Waals surface area (Å²) in [5.41, 5.74) is 0. The van der Waals surface area contributed by atoms with Crippen LogP contribution >= 0.6 is 0 Å². The molecule has 0 aromatic rings. The van der Waals surface area contributed by atoms with Crippen LogP contribution in [0.4, 0.5) is 0 Å². The molecule has 0 aliphatic carbocycles. The summed E-state index contributed by atoms with van der Waals surface area (Å²) in [4.78, 5) is 31.9. The first kappa shape index (κ1) is 17.3. The third kappa shape index (κ3) is 8.10. The van der Waals surface area contributed by atoms with Crippen LogP contribution in [0.5, 0.6) is 0 Å². The number of aliphatic carboxylic acids is 1. The van der Waals surface area contributed by atoms with E-state index in [9.17, 15) is 14.4 Å². The molecule has 6 nitrogen and oxygen atoms in total. The van der Waals surface area contributed by atoms with Gasteiger partial charge in [-0.15, -0.1) is 0 Å². The van der Waals surface area contributed by atoms with Crippen molar-refractivity contribution in [2.45, 2.75) is 38.1 Å². The Kier molecular flexibility index (Phi) is 10.4. The molecule has 19 heavy (non-hydrogen) atoms. The number of carboxylic acid groups (broad SMARTS) is 1. The fraction of sp³-hybridized carbons (Fsp3) is 0.615. The predicted octanol–water partition coefficient (Wildman–Crippen LogP) is 0.842. The Bertz CT molecular complexity index is 309. The predicted molar refractivity (Wildman–Crippen MR) is 71.7 cm³/mol. The minimum Gasteiger partial charge on any atom is -0.480 e. The van der Waals surface area contributed by atoms with Crippen molar-refractivity contribution in [3.63, 3.8) is 0 Å². The molecule has 1 aliphatic rings. The van der Waals surface area contributed by atoms with Crippen LogP contribution in [0.25, 0.3) is 0 Å². The zero-order valence-electron chi connectivity index (χ0n) is 10.9. The molecule has 0 amide bonds. The van der Waals surface area contributed by atoms with Gasteiger partial charge in [-0.1, -0.05) is 6.08 Å². The number of aliphatic hydroxyl groups is 1. The van der Waals surface area contributed by atoms with E-state index in [-0.39, 0.29) is 8.03 Å². The average molecular weight is 273 g/mol. The summed E-state index contributed by atoms with van der Waals surface area (Å²) >= 11 is 0. The van der Waals surface area contributed by atoms with Crippen LogP contribution in [0, 0.1) is 0 Å². The number of unbranched alkanes of at least 4 members (excludes halogenated alkanes) is 1. The third-order valence-electron chi connectivity index (χ3n) is 2.59. The summed E-state index contributed by atoms with van der Waals surface area (Å²) in [5.74, 6) is -0.784. The van der Waals surface area contributed by atoms with Crippen LogP contribution in [0.15, 0.2) is 12.3 Å². The van der Waals surface area contributed by atoms with E-state index >= 15 is 0 Å². The molecule has 1 heterocycles. The number of allylic oxidation sites excluding steroid dienone is 1. The van der Waals surface area contributed by atoms with Gasteiger partial charge < -0.3 is 24.7 Å². The normalized spacial score (nSPS) is 17.9. The Labute approximate surface area is 114 Å². The van der Waals surface area contributed by atoms with Gasteiger partial charge in [0.05, 0.1) is 0 Å². The molecule has 0 radical (unpaired) electrons. The molecule has 1 saturated heterocycles. The van der Waals surface area contributed by atoms with Crippen molar-refractivity contribution >= 4 is 18.5 Å². The van der Waals surface area contributed by atoms with Gasteiger partial charge in [-0.05, 0) is 25.5 Å². The first-order valence-corrected chi connectivity index (χ1v) is 6.30. The molecule has 1 fully saturated rings. The topological polar surface area (TPSA) is 94.9 Å². The number of carbonyl (C=O) groups excluding carboxylic acids is 2. The number of hydrogen-bond donors (Lipinski definition) is 2. The van der Waals surface area contributed by atoms with E-state index in [2.05, 4.69) is 0 Å². The van der Waals surface area contributed by atoms with Crippen molar-refractivity contribution in [1.29, 1.82) is 0 Å². The fourth-order valence-corrected chi connectivity index (χ4v) is 1.66. The molecule has 0 spiro atoms. The highest BCUT2D eigenvalue weighted by atomic mass is 16.4. The number of carboxylic acids is 1. The summed E-state index contributed by atoms with van der Waals surface area (Å²) in [6.07, 6.45) is 8.03. The maximum atomic E-state index is 10.7. The summed E-state index contributed by atoms with van der Waals surface area (Å²) in [6, 6.07) is -0.400. The SMILES string of the molecule is O=CC/C=C/N1CCC[C@H]1C(=O)O.O=CCCCO.[HH].